The molecule has 128 valence electrons. The van der Waals surface area contributed by atoms with Crippen LogP contribution in [0.5, 0.6) is 0 Å². The Morgan fingerprint density at radius 1 is 1.08 bits per heavy atom. The highest BCUT2D eigenvalue weighted by atomic mass is 16.5. The number of hydrogen-bond acceptors (Lipinski definition) is 4. The fraction of sp³-hybridized carbons (Fsp3) is 0.105. The van der Waals surface area contributed by atoms with Gasteiger partial charge < -0.3 is 15.2 Å². The van der Waals surface area contributed by atoms with Gasteiger partial charge in [0, 0.05) is 12.6 Å². The van der Waals surface area contributed by atoms with Gasteiger partial charge in [-0.05, 0) is 41.5 Å². The van der Waals surface area contributed by atoms with Gasteiger partial charge in [-0.2, -0.15) is 0 Å². The van der Waals surface area contributed by atoms with E-state index in [2.05, 4.69) is 10.1 Å². The van der Waals surface area contributed by atoms with Crippen LogP contribution in [0.15, 0.2) is 54.6 Å². The summed E-state index contributed by atoms with van der Waals surface area (Å²) in [5, 5.41) is 11.6. The molecule has 0 unspecified atom stereocenters. The summed E-state index contributed by atoms with van der Waals surface area (Å²) in [5.41, 5.74) is 2.06. The van der Waals surface area contributed by atoms with E-state index in [1.54, 1.807) is 42.5 Å². The van der Waals surface area contributed by atoms with Crippen LogP contribution >= 0.6 is 0 Å². The van der Waals surface area contributed by atoms with E-state index in [1.807, 2.05) is 0 Å². The molecule has 0 radical (unpaired) electrons. The van der Waals surface area contributed by atoms with Gasteiger partial charge in [-0.1, -0.05) is 24.3 Å². The Kier molecular flexibility index (Phi) is 6.06. The van der Waals surface area contributed by atoms with Crippen molar-refractivity contribution in [1.29, 1.82) is 0 Å². The summed E-state index contributed by atoms with van der Waals surface area (Å²) in [6.45, 7) is 0.228. The molecule has 0 aliphatic carbocycles. The number of esters is 1. The van der Waals surface area contributed by atoms with Crippen LogP contribution in [-0.4, -0.2) is 30.1 Å². The van der Waals surface area contributed by atoms with E-state index >= 15 is 0 Å². The number of carboxylic acids is 1. The molecule has 0 aliphatic rings. The Morgan fingerprint density at radius 2 is 1.80 bits per heavy atom. The third kappa shape index (κ3) is 5.31. The van der Waals surface area contributed by atoms with E-state index in [9.17, 15) is 14.4 Å². The maximum absolute atomic E-state index is 11.8. The number of ether oxygens (including phenoxy) is 1. The number of nitrogens with one attached hydrogen (secondary N) is 1. The molecule has 6 nitrogen and oxygen atoms in total. The van der Waals surface area contributed by atoms with E-state index in [4.69, 9.17) is 5.11 Å². The zero-order valence-electron chi connectivity index (χ0n) is 13.6. The van der Waals surface area contributed by atoms with Crippen molar-refractivity contribution in [2.75, 3.05) is 7.11 Å². The Hall–Kier alpha value is -3.41. The Morgan fingerprint density at radius 3 is 2.44 bits per heavy atom. The average molecular weight is 339 g/mol. The minimum absolute atomic E-state index is 0.174. The first-order chi connectivity index (χ1) is 12.0. The summed E-state index contributed by atoms with van der Waals surface area (Å²) in [4.78, 5) is 34.1. The summed E-state index contributed by atoms with van der Waals surface area (Å²) in [6.07, 6.45) is 2.98. The maximum Gasteiger partial charge on any atom is 0.337 e. The first-order valence-corrected chi connectivity index (χ1v) is 7.46. The van der Waals surface area contributed by atoms with Crippen LogP contribution in [0.3, 0.4) is 0 Å². The normalized spacial score (nSPS) is 10.4. The first kappa shape index (κ1) is 17.9. The second kappa shape index (κ2) is 8.44. The molecule has 0 fully saturated rings. The van der Waals surface area contributed by atoms with Crippen LogP contribution in [0.2, 0.25) is 0 Å². The number of carboxylic acid groups (broad SMARTS) is 1. The van der Waals surface area contributed by atoms with Gasteiger partial charge in [0.2, 0.25) is 5.91 Å². The van der Waals surface area contributed by atoms with Crippen molar-refractivity contribution in [2.45, 2.75) is 6.54 Å². The van der Waals surface area contributed by atoms with E-state index in [0.29, 0.717) is 11.1 Å². The van der Waals surface area contributed by atoms with Gasteiger partial charge >= 0.3 is 11.9 Å². The fourth-order valence-corrected chi connectivity index (χ4v) is 2.08. The van der Waals surface area contributed by atoms with Crippen LogP contribution in [0.25, 0.3) is 6.08 Å². The molecular weight excluding hydrogens is 322 g/mol. The predicted molar refractivity (Wildman–Crippen MR) is 92.1 cm³/mol. The monoisotopic (exact) mass is 339 g/mol. The lowest BCUT2D eigenvalue weighted by atomic mass is 10.1. The number of rotatable bonds is 6. The summed E-state index contributed by atoms with van der Waals surface area (Å²) < 4.78 is 4.61. The van der Waals surface area contributed by atoms with E-state index in [1.165, 1.54) is 25.3 Å². The van der Waals surface area contributed by atoms with Gasteiger partial charge in [0.15, 0.2) is 0 Å². The van der Waals surface area contributed by atoms with Gasteiger partial charge in [-0.25, -0.2) is 9.59 Å². The number of benzene rings is 2. The first-order valence-electron chi connectivity index (χ1n) is 7.46. The van der Waals surface area contributed by atoms with Crippen molar-refractivity contribution in [3.63, 3.8) is 0 Å². The zero-order valence-corrected chi connectivity index (χ0v) is 13.6. The molecule has 6 heteroatoms. The number of carbonyl (C=O) groups is 3. The summed E-state index contributed by atoms with van der Waals surface area (Å²) in [5.74, 6) is -1.74. The van der Waals surface area contributed by atoms with Crippen LogP contribution in [0.4, 0.5) is 0 Å². The second-order valence-electron chi connectivity index (χ2n) is 5.17. The summed E-state index contributed by atoms with van der Waals surface area (Å²) in [7, 11) is 1.31. The minimum atomic E-state index is -1.01. The molecule has 25 heavy (non-hydrogen) atoms. The van der Waals surface area contributed by atoms with Crippen molar-refractivity contribution in [3.05, 3.63) is 76.9 Å². The molecule has 0 saturated carbocycles. The standard InChI is InChI=1S/C19H17NO5/c1-25-19(24)15-8-5-13(6-9-15)7-10-17(21)20-12-14-3-2-4-16(11-14)18(22)23/h2-11H,12H2,1H3,(H,20,21)(H,22,23)/b10-7+. The molecule has 2 N–H and O–H groups in total. The number of amides is 1. The smallest absolute Gasteiger partial charge is 0.337 e. The van der Waals surface area contributed by atoms with E-state index in [-0.39, 0.29) is 18.0 Å². The molecule has 0 aromatic heterocycles. The Labute approximate surface area is 144 Å². The highest BCUT2D eigenvalue weighted by Gasteiger charge is 2.05. The highest BCUT2D eigenvalue weighted by molar-refractivity contribution is 5.92. The Bertz CT molecular complexity index is 809. The predicted octanol–water partition coefficient (Wildman–Crippen LogP) is 2.50. The Balaban J connectivity index is 1.91. The molecule has 0 spiro atoms. The number of hydrogen-bond donors (Lipinski definition) is 2. The number of methoxy groups -OCH3 is 1. The van der Waals surface area contributed by atoms with Gasteiger partial charge in [0.25, 0.3) is 0 Å². The topological polar surface area (TPSA) is 92.7 Å². The lowest BCUT2D eigenvalue weighted by Gasteiger charge is -2.04. The van der Waals surface area contributed by atoms with Crippen molar-refractivity contribution in [1.82, 2.24) is 5.32 Å². The maximum atomic E-state index is 11.8. The minimum Gasteiger partial charge on any atom is -0.478 e. The third-order valence-corrected chi connectivity index (χ3v) is 3.40. The highest BCUT2D eigenvalue weighted by Crippen LogP contribution is 2.08. The van der Waals surface area contributed by atoms with E-state index in [0.717, 1.165) is 5.56 Å². The molecule has 0 bridgehead atoms. The lowest BCUT2D eigenvalue weighted by molar-refractivity contribution is -0.116. The lowest BCUT2D eigenvalue weighted by Crippen LogP contribution is -2.20. The summed E-state index contributed by atoms with van der Waals surface area (Å²) >= 11 is 0. The quantitative estimate of drug-likeness (QED) is 0.623. The molecule has 0 atom stereocenters. The van der Waals surface area contributed by atoms with Crippen molar-refractivity contribution < 1.29 is 24.2 Å². The summed E-state index contributed by atoms with van der Waals surface area (Å²) in [6, 6.07) is 13.0. The van der Waals surface area contributed by atoms with Crippen molar-refractivity contribution >= 4 is 23.9 Å². The van der Waals surface area contributed by atoms with Gasteiger partial charge in [-0.3, -0.25) is 4.79 Å². The number of aromatic carboxylic acids is 1. The van der Waals surface area contributed by atoms with Crippen molar-refractivity contribution in [3.8, 4) is 0 Å². The largest absolute Gasteiger partial charge is 0.478 e. The van der Waals surface area contributed by atoms with Gasteiger partial charge in [-0.15, -0.1) is 0 Å². The average Bonchev–Trinajstić information content (AvgIpc) is 2.64. The number of carbonyl (C=O) groups excluding carboxylic acids is 2. The SMILES string of the molecule is COC(=O)c1ccc(/C=C/C(=O)NCc2cccc(C(=O)O)c2)cc1. The molecular formula is C19H17NO5. The molecule has 1 amide bonds. The molecule has 0 heterocycles. The van der Waals surface area contributed by atoms with Gasteiger partial charge in [0.1, 0.15) is 0 Å². The van der Waals surface area contributed by atoms with Crippen molar-refractivity contribution in [2.24, 2.45) is 0 Å². The zero-order chi connectivity index (χ0) is 18.2. The van der Waals surface area contributed by atoms with Gasteiger partial charge in [0.05, 0.1) is 18.2 Å². The van der Waals surface area contributed by atoms with E-state index < -0.39 is 11.9 Å². The van der Waals surface area contributed by atoms with Crippen LogP contribution < -0.4 is 5.32 Å². The molecule has 2 rings (SSSR count). The second-order valence-corrected chi connectivity index (χ2v) is 5.17. The van der Waals surface area contributed by atoms with Crippen LogP contribution in [-0.2, 0) is 16.1 Å². The molecule has 0 aliphatic heterocycles. The molecule has 2 aromatic carbocycles. The molecule has 2 aromatic rings. The fourth-order valence-electron chi connectivity index (χ4n) is 2.08. The van der Waals surface area contributed by atoms with Crippen LogP contribution in [0, 0.1) is 0 Å². The molecule has 0 saturated heterocycles. The van der Waals surface area contributed by atoms with Crippen LogP contribution in [0.1, 0.15) is 31.8 Å². The third-order valence-electron chi connectivity index (χ3n) is 3.40.